The Hall–Kier alpha value is -1.77. The first-order chi connectivity index (χ1) is 11.2. The number of hydrogen-bond donors (Lipinski definition) is 2. The number of halogens is 1. The average Bonchev–Trinajstić information content (AvgIpc) is 2.89. The fourth-order valence-electron chi connectivity index (χ4n) is 2.08. The van der Waals surface area contributed by atoms with Crippen LogP contribution in [0.25, 0.3) is 0 Å². The van der Waals surface area contributed by atoms with E-state index in [1.54, 1.807) is 26.0 Å². The number of sulfonamides is 1. The van der Waals surface area contributed by atoms with Crippen LogP contribution in [-0.4, -0.2) is 20.9 Å². The van der Waals surface area contributed by atoms with E-state index in [1.807, 2.05) is 0 Å². The van der Waals surface area contributed by atoms with Gasteiger partial charge in [-0.2, -0.15) is 0 Å². The molecule has 0 unspecified atom stereocenters. The summed E-state index contributed by atoms with van der Waals surface area (Å²) < 4.78 is 33.3. The van der Waals surface area contributed by atoms with Crippen molar-refractivity contribution in [1.29, 1.82) is 0 Å². The average molecular weight is 387 g/mol. The van der Waals surface area contributed by atoms with E-state index in [9.17, 15) is 13.2 Å². The number of thiophene rings is 1. The predicted octanol–water partition coefficient (Wildman–Crippen LogP) is 3.56. The molecule has 2 heterocycles. The van der Waals surface area contributed by atoms with Crippen LogP contribution in [0, 0.1) is 5.41 Å². The molecule has 9 heteroatoms. The Bertz CT molecular complexity index is 906. The monoisotopic (exact) mass is 386 g/mol. The van der Waals surface area contributed by atoms with Crippen LogP contribution in [0.4, 0.5) is 11.4 Å². The number of carbonyl (C=O) groups is 1. The maximum absolute atomic E-state index is 12.3. The summed E-state index contributed by atoms with van der Waals surface area (Å²) in [6.07, 6.45) is 0. The van der Waals surface area contributed by atoms with Crippen LogP contribution < -0.4 is 14.8 Å². The van der Waals surface area contributed by atoms with Gasteiger partial charge in [0.25, 0.3) is 10.0 Å². The Morgan fingerprint density at radius 2 is 2.04 bits per heavy atom. The van der Waals surface area contributed by atoms with Crippen LogP contribution in [0.2, 0.25) is 4.34 Å². The lowest BCUT2D eigenvalue weighted by molar-refractivity contribution is -0.124. The Morgan fingerprint density at radius 3 is 2.71 bits per heavy atom. The summed E-state index contributed by atoms with van der Waals surface area (Å²) in [6.45, 7) is 3.79. The zero-order valence-corrected chi connectivity index (χ0v) is 15.3. The van der Waals surface area contributed by atoms with E-state index in [2.05, 4.69) is 10.0 Å². The highest BCUT2D eigenvalue weighted by atomic mass is 35.5. The fraction of sp³-hybridized carbons (Fsp3) is 0.267. The third kappa shape index (κ3) is 3.35. The molecular weight excluding hydrogens is 372 g/mol. The van der Waals surface area contributed by atoms with Gasteiger partial charge in [-0.25, -0.2) is 8.42 Å². The summed E-state index contributed by atoms with van der Waals surface area (Å²) in [7, 11) is -3.73. The zero-order chi connectivity index (χ0) is 17.5. The molecule has 2 aromatic rings. The maximum Gasteiger partial charge on any atom is 0.271 e. The van der Waals surface area contributed by atoms with Crippen LogP contribution in [0.3, 0.4) is 0 Å². The SMILES string of the molecule is CC1(C)COc2ccc(NS(=O)(=O)c3ccc(Cl)s3)cc2NC1=O. The Labute approximate surface area is 148 Å². The van der Waals surface area contributed by atoms with Gasteiger partial charge in [0.05, 0.1) is 21.1 Å². The van der Waals surface area contributed by atoms with Gasteiger partial charge >= 0.3 is 0 Å². The lowest BCUT2D eigenvalue weighted by Crippen LogP contribution is -2.33. The van der Waals surface area contributed by atoms with Crippen molar-refractivity contribution in [2.45, 2.75) is 18.1 Å². The molecule has 1 amide bonds. The second-order valence-electron chi connectivity index (χ2n) is 6.00. The number of anilines is 2. The second-order valence-corrected chi connectivity index (χ2v) is 9.63. The van der Waals surface area contributed by atoms with E-state index in [0.717, 1.165) is 11.3 Å². The molecule has 1 aliphatic heterocycles. The van der Waals surface area contributed by atoms with E-state index in [-0.39, 0.29) is 16.7 Å². The quantitative estimate of drug-likeness (QED) is 0.844. The molecule has 0 atom stereocenters. The lowest BCUT2D eigenvalue weighted by atomic mass is 9.94. The fourth-order valence-corrected chi connectivity index (χ4v) is 4.61. The topological polar surface area (TPSA) is 84.5 Å². The van der Waals surface area contributed by atoms with Crippen LogP contribution in [0.15, 0.2) is 34.5 Å². The van der Waals surface area contributed by atoms with Crippen molar-refractivity contribution in [3.63, 3.8) is 0 Å². The zero-order valence-electron chi connectivity index (χ0n) is 12.9. The van der Waals surface area contributed by atoms with Crippen molar-refractivity contribution in [2.75, 3.05) is 16.6 Å². The van der Waals surface area contributed by atoms with Gasteiger partial charge in [-0.05, 0) is 44.2 Å². The van der Waals surface area contributed by atoms with E-state index in [1.165, 1.54) is 18.2 Å². The van der Waals surface area contributed by atoms with Crippen molar-refractivity contribution >= 4 is 50.2 Å². The summed E-state index contributed by atoms with van der Waals surface area (Å²) in [6, 6.07) is 7.69. The van der Waals surface area contributed by atoms with Crippen LogP contribution in [-0.2, 0) is 14.8 Å². The van der Waals surface area contributed by atoms with Gasteiger partial charge in [-0.3, -0.25) is 9.52 Å². The molecule has 1 aromatic carbocycles. The molecule has 0 spiro atoms. The van der Waals surface area contributed by atoms with Crippen molar-refractivity contribution < 1.29 is 17.9 Å². The molecule has 1 aliphatic rings. The van der Waals surface area contributed by atoms with Gasteiger partial charge in [0.1, 0.15) is 16.6 Å². The molecule has 0 aliphatic carbocycles. The number of benzene rings is 1. The van der Waals surface area contributed by atoms with Crippen LogP contribution >= 0.6 is 22.9 Å². The first-order valence-corrected chi connectivity index (χ1v) is 9.72. The first-order valence-electron chi connectivity index (χ1n) is 7.04. The van der Waals surface area contributed by atoms with Crippen molar-refractivity contribution in [3.05, 3.63) is 34.7 Å². The third-order valence-corrected chi connectivity index (χ3v) is 6.60. The minimum absolute atomic E-state index is 0.115. The first kappa shape index (κ1) is 17.1. The highest BCUT2D eigenvalue weighted by molar-refractivity contribution is 7.94. The predicted molar refractivity (Wildman–Crippen MR) is 94.5 cm³/mol. The van der Waals surface area contributed by atoms with Gasteiger partial charge in [0.2, 0.25) is 5.91 Å². The number of hydrogen-bond acceptors (Lipinski definition) is 5. The van der Waals surface area contributed by atoms with Gasteiger partial charge in [-0.15, -0.1) is 11.3 Å². The van der Waals surface area contributed by atoms with Gasteiger partial charge < -0.3 is 10.1 Å². The van der Waals surface area contributed by atoms with Gasteiger partial charge in [-0.1, -0.05) is 11.6 Å². The third-order valence-electron chi connectivity index (χ3n) is 3.50. The highest BCUT2D eigenvalue weighted by Gasteiger charge is 2.32. The molecular formula is C15H15ClN2O4S2. The molecule has 24 heavy (non-hydrogen) atoms. The number of carbonyl (C=O) groups excluding carboxylic acids is 1. The Morgan fingerprint density at radius 1 is 1.29 bits per heavy atom. The molecule has 0 saturated heterocycles. The van der Waals surface area contributed by atoms with Crippen molar-refractivity contribution in [3.8, 4) is 5.75 Å². The molecule has 0 bridgehead atoms. The molecule has 128 valence electrons. The van der Waals surface area contributed by atoms with Gasteiger partial charge in [0.15, 0.2) is 0 Å². The lowest BCUT2D eigenvalue weighted by Gasteiger charge is -2.18. The van der Waals surface area contributed by atoms with E-state index >= 15 is 0 Å². The normalized spacial score (nSPS) is 16.5. The van der Waals surface area contributed by atoms with Crippen molar-refractivity contribution in [2.24, 2.45) is 5.41 Å². The van der Waals surface area contributed by atoms with E-state index < -0.39 is 15.4 Å². The Balaban J connectivity index is 1.89. The van der Waals surface area contributed by atoms with Crippen LogP contribution in [0.1, 0.15) is 13.8 Å². The second kappa shape index (κ2) is 5.94. The minimum Gasteiger partial charge on any atom is -0.490 e. The number of amides is 1. The maximum atomic E-state index is 12.3. The molecule has 0 fully saturated rings. The summed E-state index contributed by atoms with van der Waals surface area (Å²) in [5.41, 5.74) is 0.0729. The number of ether oxygens (including phenoxy) is 1. The summed E-state index contributed by atoms with van der Waals surface area (Å²) in [4.78, 5) is 12.2. The van der Waals surface area contributed by atoms with Crippen molar-refractivity contribution in [1.82, 2.24) is 0 Å². The summed E-state index contributed by atoms with van der Waals surface area (Å²) >= 11 is 6.75. The minimum atomic E-state index is -3.73. The van der Waals surface area contributed by atoms with E-state index in [4.69, 9.17) is 16.3 Å². The number of fused-ring (bicyclic) bond motifs is 1. The molecule has 0 radical (unpaired) electrons. The number of nitrogens with one attached hydrogen (secondary N) is 2. The Kier molecular flexibility index (Phi) is 4.23. The number of rotatable bonds is 3. The van der Waals surface area contributed by atoms with Gasteiger partial charge in [0, 0.05) is 0 Å². The molecule has 3 rings (SSSR count). The largest absolute Gasteiger partial charge is 0.490 e. The van der Waals surface area contributed by atoms with E-state index in [0.29, 0.717) is 21.5 Å². The molecule has 0 saturated carbocycles. The standard InChI is InChI=1S/C15H15ClN2O4S2/c1-15(2)8-22-11-4-3-9(7-10(11)17-14(15)19)18-24(20,21)13-6-5-12(16)23-13/h3-7,18H,8H2,1-2H3,(H,17,19). The smallest absolute Gasteiger partial charge is 0.271 e. The highest BCUT2D eigenvalue weighted by Crippen LogP contribution is 2.35. The molecule has 1 aromatic heterocycles. The summed E-state index contributed by atoms with van der Waals surface area (Å²) in [5.74, 6) is 0.308. The van der Waals surface area contributed by atoms with Crippen LogP contribution in [0.5, 0.6) is 5.75 Å². The molecule has 2 N–H and O–H groups in total. The summed E-state index contributed by atoms with van der Waals surface area (Å²) in [5, 5.41) is 2.77. The molecule has 6 nitrogen and oxygen atoms in total.